The van der Waals surface area contributed by atoms with Gasteiger partial charge in [0, 0.05) is 12.6 Å². The predicted octanol–water partition coefficient (Wildman–Crippen LogP) is 1.76. The zero-order valence-electron chi connectivity index (χ0n) is 9.72. The van der Waals surface area contributed by atoms with Crippen LogP contribution in [0, 0.1) is 0 Å². The normalized spacial score (nSPS) is 10.4. The maximum absolute atomic E-state index is 5.49. The second-order valence-electron chi connectivity index (χ2n) is 3.53. The minimum Gasteiger partial charge on any atom is -0.484 e. The van der Waals surface area contributed by atoms with Crippen molar-refractivity contribution in [3.05, 3.63) is 42.0 Å². The van der Waals surface area contributed by atoms with E-state index in [0.29, 0.717) is 12.4 Å². The van der Waals surface area contributed by atoms with Gasteiger partial charge in [0.15, 0.2) is 5.76 Å². The van der Waals surface area contributed by atoms with Crippen molar-refractivity contribution in [1.29, 1.82) is 0 Å². The molecule has 0 aliphatic heterocycles. The number of nitrogens with zero attached hydrogens (tertiary/aromatic N) is 2. The van der Waals surface area contributed by atoms with E-state index in [0.717, 1.165) is 24.5 Å². The van der Waals surface area contributed by atoms with Crippen molar-refractivity contribution in [1.82, 2.24) is 15.5 Å². The van der Waals surface area contributed by atoms with E-state index in [1.807, 2.05) is 12.1 Å². The van der Waals surface area contributed by atoms with Gasteiger partial charge in [-0.15, -0.1) is 0 Å². The number of hydrogen-bond donors (Lipinski definition) is 1. The molecule has 5 nitrogen and oxygen atoms in total. The smallest absolute Gasteiger partial charge is 0.174 e. The zero-order valence-corrected chi connectivity index (χ0v) is 9.72. The summed E-state index contributed by atoms with van der Waals surface area (Å²) in [5.74, 6) is 1.42. The molecule has 0 saturated heterocycles. The monoisotopic (exact) mass is 233 g/mol. The highest BCUT2D eigenvalue weighted by molar-refractivity contribution is 5.20. The quantitative estimate of drug-likeness (QED) is 0.823. The van der Waals surface area contributed by atoms with Crippen molar-refractivity contribution >= 4 is 0 Å². The van der Waals surface area contributed by atoms with Gasteiger partial charge in [-0.1, -0.05) is 12.1 Å². The standard InChI is InChI=1S/C12H15N3O2/c1-2-13-7-10-3-4-11(8-14-10)16-9-12-5-6-15-17-12/h3-6,8,13H,2,7,9H2,1H3. The second-order valence-corrected chi connectivity index (χ2v) is 3.53. The van der Waals surface area contributed by atoms with Crippen molar-refractivity contribution in [2.45, 2.75) is 20.1 Å². The van der Waals surface area contributed by atoms with Gasteiger partial charge in [-0.2, -0.15) is 0 Å². The fourth-order valence-electron chi connectivity index (χ4n) is 1.32. The van der Waals surface area contributed by atoms with Crippen LogP contribution in [0.2, 0.25) is 0 Å². The molecule has 90 valence electrons. The molecule has 0 unspecified atom stereocenters. The van der Waals surface area contributed by atoms with Gasteiger partial charge in [0.05, 0.1) is 18.1 Å². The fraction of sp³-hybridized carbons (Fsp3) is 0.333. The molecule has 0 fully saturated rings. The molecule has 0 atom stereocenters. The van der Waals surface area contributed by atoms with Gasteiger partial charge in [0.25, 0.3) is 0 Å². The van der Waals surface area contributed by atoms with Gasteiger partial charge in [-0.05, 0) is 18.7 Å². The second kappa shape index (κ2) is 6.00. The van der Waals surface area contributed by atoms with Crippen molar-refractivity contribution in [3.8, 4) is 5.75 Å². The molecule has 2 aromatic heterocycles. The van der Waals surface area contributed by atoms with Gasteiger partial charge < -0.3 is 14.6 Å². The lowest BCUT2D eigenvalue weighted by molar-refractivity contribution is 0.248. The molecule has 2 aromatic rings. The summed E-state index contributed by atoms with van der Waals surface area (Å²) in [5, 5.41) is 6.82. The third-order valence-corrected chi connectivity index (χ3v) is 2.23. The number of nitrogens with one attached hydrogen (secondary N) is 1. The van der Waals surface area contributed by atoms with Crippen LogP contribution in [-0.4, -0.2) is 16.7 Å². The first-order chi connectivity index (χ1) is 8.38. The summed E-state index contributed by atoms with van der Waals surface area (Å²) in [5.41, 5.74) is 0.999. The van der Waals surface area contributed by atoms with Crippen molar-refractivity contribution < 1.29 is 9.26 Å². The minimum atomic E-state index is 0.369. The summed E-state index contributed by atoms with van der Waals surface area (Å²) >= 11 is 0. The van der Waals surface area contributed by atoms with Crippen molar-refractivity contribution in [3.63, 3.8) is 0 Å². The molecule has 0 amide bonds. The number of hydrogen-bond acceptors (Lipinski definition) is 5. The molecule has 2 rings (SSSR count). The molecule has 0 saturated carbocycles. The average molecular weight is 233 g/mol. The molecule has 0 bridgehead atoms. The molecule has 2 heterocycles. The Morgan fingerprint density at radius 2 is 2.29 bits per heavy atom. The maximum Gasteiger partial charge on any atom is 0.174 e. The summed E-state index contributed by atoms with van der Waals surface area (Å²) < 4.78 is 10.4. The van der Waals surface area contributed by atoms with Crippen LogP contribution in [0.15, 0.2) is 35.1 Å². The fourth-order valence-corrected chi connectivity index (χ4v) is 1.32. The summed E-state index contributed by atoms with van der Waals surface area (Å²) in [6, 6.07) is 5.61. The van der Waals surface area contributed by atoms with Crippen LogP contribution in [0.4, 0.5) is 0 Å². The first kappa shape index (κ1) is 11.6. The largest absolute Gasteiger partial charge is 0.484 e. The van der Waals surface area contributed by atoms with Crippen molar-refractivity contribution in [2.24, 2.45) is 0 Å². The van der Waals surface area contributed by atoms with Gasteiger partial charge in [-0.25, -0.2) is 0 Å². The van der Waals surface area contributed by atoms with E-state index in [1.165, 1.54) is 0 Å². The molecular weight excluding hydrogens is 218 g/mol. The van der Waals surface area contributed by atoms with Crippen molar-refractivity contribution in [2.75, 3.05) is 6.54 Å². The Balaban J connectivity index is 1.85. The third kappa shape index (κ3) is 3.57. The lowest BCUT2D eigenvalue weighted by Gasteiger charge is -2.05. The van der Waals surface area contributed by atoms with Crippen LogP contribution in [-0.2, 0) is 13.2 Å². The van der Waals surface area contributed by atoms with Crippen LogP contribution in [0.3, 0.4) is 0 Å². The first-order valence-electron chi connectivity index (χ1n) is 5.56. The molecular formula is C12H15N3O2. The molecule has 1 N–H and O–H groups in total. The maximum atomic E-state index is 5.49. The van der Waals surface area contributed by atoms with Gasteiger partial charge in [-0.3, -0.25) is 4.98 Å². The van der Waals surface area contributed by atoms with E-state index in [4.69, 9.17) is 9.26 Å². The van der Waals surface area contributed by atoms with Gasteiger partial charge >= 0.3 is 0 Å². The molecule has 0 aromatic carbocycles. The Kier molecular flexibility index (Phi) is 4.10. The summed E-state index contributed by atoms with van der Waals surface area (Å²) in [7, 11) is 0. The third-order valence-electron chi connectivity index (χ3n) is 2.23. The highest BCUT2D eigenvalue weighted by Gasteiger charge is 2.00. The SMILES string of the molecule is CCNCc1ccc(OCc2ccno2)cn1. The Labute approximate surface area is 99.8 Å². The lowest BCUT2D eigenvalue weighted by atomic mass is 10.3. The van der Waals surface area contributed by atoms with Crippen LogP contribution in [0.5, 0.6) is 5.75 Å². The van der Waals surface area contributed by atoms with Crippen LogP contribution in [0.25, 0.3) is 0 Å². The van der Waals surface area contributed by atoms with E-state index in [2.05, 4.69) is 22.4 Å². The molecule has 5 heteroatoms. The summed E-state index contributed by atoms with van der Waals surface area (Å²) in [4.78, 5) is 4.28. The molecule has 0 aliphatic rings. The highest BCUT2D eigenvalue weighted by Crippen LogP contribution is 2.11. The first-order valence-corrected chi connectivity index (χ1v) is 5.56. The molecule has 0 radical (unpaired) electrons. The molecule has 17 heavy (non-hydrogen) atoms. The van der Waals surface area contributed by atoms with Crippen LogP contribution < -0.4 is 10.1 Å². The van der Waals surface area contributed by atoms with Gasteiger partial charge in [0.2, 0.25) is 0 Å². The zero-order chi connectivity index (χ0) is 11.9. The van der Waals surface area contributed by atoms with Crippen LogP contribution in [0.1, 0.15) is 18.4 Å². The molecule has 0 spiro atoms. The number of aromatic nitrogens is 2. The van der Waals surface area contributed by atoms with E-state index in [-0.39, 0.29) is 0 Å². The Morgan fingerprint density at radius 3 is 2.94 bits per heavy atom. The summed E-state index contributed by atoms with van der Waals surface area (Å²) in [6.07, 6.45) is 3.31. The topological polar surface area (TPSA) is 60.2 Å². The Hall–Kier alpha value is -1.88. The Bertz CT molecular complexity index is 426. The number of pyridine rings is 1. The number of rotatable bonds is 6. The van der Waals surface area contributed by atoms with Gasteiger partial charge in [0.1, 0.15) is 12.4 Å². The van der Waals surface area contributed by atoms with Crippen LogP contribution >= 0.6 is 0 Å². The van der Waals surface area contributed by atoms with E-state index in [1.54, 1.807) is 18.5 Å². The van der Waals surface area contributed by atoms with E-state index < -0.39 is 0 Å². The average Bonchev–Trinajstić information content (AvgIpc) is 2.88. The van der Waals surface area contributed by atoms with E-state index in [9.17, 15) is 0 Å². The lowest BCUT2D eigenvalue weighted by Crippen LogP contribution is -2.12. The summed E-state index contributed by atoms with van der Waals surface area (Å²) in [6.45, 7) is 4.15. The Morgan fingerprint density at radius 1 is 1.35 bits per heavy atom. The van der Waals surface area contributed by atoms with E-state index >= 15 is 0 Å². The highest BCUT2D eigenvalue weighted by atomic mass is 16.5. The molecule has 0 aliphatic carbocycles. The number of ether oxygens (including phenoxy) is 1. The predicted molar refractivity (Wildman–Crippen MR) is 62.5 cm³/mol. The minimum absolute atomic E-state index is 0.369.